The Bertz CT molecular complexity index is 1410. The molecule has 1 amide bonds. The van der Waals surface area contributed by atoms with Crippen molar-refractivity contribution in [3.63, 3.8) is 0 Å². The molecular formula is C28H25N5O2. The molecule has 1 aliphatic heterocycles. The SMILES string of the molecule is O=C(C#CC1CC1)N1CCC(n2nc(-c3ccc(Oc4ccccc4)cc3)c3cncnc32)CC1. The number of carbonyl (C=O) groups is 1. The fourth-order valence-electron chi connectivity index (χ4n) is 4.44. The Morgan fingerprint density at radius 1 is 0.943 bits per heavy atom. The average Bonchev–Trinajstić information content (AvgIpc) is 3.67. The van der Waals surface area contributed by atoms with E-state index in [0.717, 1.165) is 59.5 Å². The number of fused-ring (bicyclic) bond motifs is 1. The summed E-state index contributed by atoms with van der Waals surface area (Å²) in [6.07, 6.45) is 7.28. The first kappa shape index (κ1) is 21.4. The molecule has 0 radical (unpaired) electrons. The quantitative estimate of drug-likeness (QED) is 0.404. The van der Waals surface area contributed by atoms with E-state index in [0.29, 0.717) is 19.0 Å². The maximum Gasteiger partial charge on any atom is 0.298 e. The topological polar surface area (TPSA) is 73.1 Å². The van der Waals surface area contributed by atoms with Gasteiger partial charge in [0.05, 0.1) is 11.4 Å². The predicted octanol–water partition coefficient (Wildman–Crippen LogP) is 4.86. The Morgan fingerprint density at radius 2 is 1.69 bits per heavy atom. The van der Waals surface area contributed by atoms with Crippen LogP contribution in [0.3, 0.4) is 0 Å². The molecule has 0 spiro atoms. The van der Waals surface area contributed by atoms with Gasteiger partial charge >= 0.3 is 0 Å². The zero-order valence-corrected chi connectivity index (χ0v) is 19.3. The van der Waals surface area contributed by atoms with Crippen molar-refractivity contribution in [2.75, 3.05) is 13.1 Å². The van der Waals surface area contributed by atoms with Crippen molar-refractivity contribution < 1.29 is 9.53 Å². The van der Waals surface area contributed by atoms with Gasteiger partial charge in [0.25, 0.3) is 5.91 Å². The molecule has 1 saturated heterocycles. The van der Waals surface area contributed by atoms with Crippen LogP contribution < -0.4 is 4.74 Å². The monoisotopic (exact) mass is 463 g/mol. The third kappa shape index (κ3) is 4.60. The van der Waals surface area contributed by atoms with Gasteiger partial charge < -0.3 is 9.64 Å². The van der Waals surface area contributed by atoms with Crippen LogP contribution in [-0.4, -0.2) is 43.6 Å². The highest BCUT2D eigenvalue weighted by Crippen LogP contribution is 2.33. The van der Waals surface area contributed by atoms with Crippen LogP contribution in [0.5, 0.6) is 11.5 Å². The van der Waals surface area contributed by atoms with E-state index in [4.69, 9.17) is 9.84 Å². The van der Waals surface area contributed by atoms with Crippen LogP contribution in [0.15, 0.2) is 67.1 Å². The lowest BCUT2D eigenvalue weighted by atomic mass is 10.1. The number of nitrogens with zero attached hydrogens (tertiary/aromatic N) is 5. The molecule has 0 bridgehead atoms. The highest BCUT2D eigenvalue weighted by atomic mass is 16.5. The van der Waals surface area contributed by atoms with Gasteiger partial charge in [-0.15, -0.1) is 0 Å². The third-order valence-corrected chi connectivity index (χ3v) is 6.54. The molecule has 2 aromatic heterocycles. The molecule has 1 saturated carbocycles. The summed E-state index contributed by atoms with van der Waals surface area (Å²) in [6.45, 7) is 1.35. The predicted molar refractivity (Wildman–Crippen MR) is 133 cm³/mol. The standard InChI is InChI=1S/C28H25N5O2/c34-26(13-8-20-6-7-20)32-16-14-22(15-17-32)33-28-25(18-29-19-30-28)27(31-33)21-9-11-24(12-10-21)35-23-4-2-1-3-5-23/h1-5,9-12,18-20,22H,6-7,14-17H2. The summed E-state index contributed by atoms with van der Waals surface area (Å²) in [4.78, 5) is 23.1. The van der Waals surface area contributed by atoms with E-state index in [-0.39, 0.29) is 11.9 Å². The van der Waals surface area contributed by atoms with Gasteiger partial charge in [-0.3, -0.25) is 4.79 Å². The van der Waals surface area contributed by atoms with Gasteiger partial charge in [-0.05, 0) is 68.0 Å². The molecule has 174 valence electrons. The molecule has 6 rings (SSSR count). The summed E-state index contributed by atoms with van der Waals surface area (Å²) in [5.74, 6) is 7.85. The van der Waals surface area contributed by atoms with Gasteiger partial charge in [-0.1, -0.05) is 24.1 Å². The largest absolute Gasteiger partial charge is 0.457 e. The zero-order chi connectivity index (χ0) is 23.6. The number of carbonyl (C=O) groups excluding carboxylic acids is 1. The van der Waals surface area contributed by atoms with E-state index in [1.165, 1.54) is 0 Å². The summed E-state index contributed by atoms with van der Waals surface area (Å²) < 4.78 is 7.94. The van der Waals surface area contributed by atoms with Crippen LogP contribution >= 0.6 is 0 Å². The lowest BCUT2D eigenvalue weighted by Gasteiger charge is -2.30. The molecule has 7 heteroatoms. The zero-order valence-electron chi connectivity index (χ0n) is 19.3. The summed E-state index contributed by atoms with van der Waals surface area (Å²) in [6, 6.07) is 17.8. The third-order valence-electron chi connectivity index (χ3n) is 6.54. The van der Waals surface area contributed by atoms with Crippen molar-refractivity contribution in [2.24, 2.45) is 5.92 Å². The molecule has 4 aromatic rings. The number of ether oxygens (including phenoxy) is 1. The molecule has 0 unspecified atom stereocenters. The Labute approximate surface area is 203 Å². The Balaban J connectivity index is 1.21. The van der Waals surface area contributed by atoms with E-state index < -0.39 is 0 Å². The number of rotatable bonds is 4. The first-order chi connectivity index (χ1) is 17.2. The summed E-state index contributed by atoms with van der Waals surface area (Å²) in [5.41, 5.74) is 2.64. The first-order valence-corrected chi connectivity index (χ1v) is 12.1. The van der Waals surface area contributed by atoms with Crippen LogP contribution in [-0.2, 0) is 4.79 Å². The van der Waals surface area contributed by atoms with Crippen molar-refractivity contribution in [2.45, 2.75) is 31.7 Å². The minimum absolute atomic E-state index is 0.0542. The number of amides is 1. The van der Waals surface area contributed by atoms with Crippen LogP contribution in [0, 0.1) is 17.8 Å². The van der Waals surface area contributed by atoms with Crippen molar-refractivity contribution in [3.05, 3.63) is 67.1 Å². The number of para-hydroxylation sites is 1. The van der Waals surface area contributed by atoms with Crippen LogP contribution in [0.1, 0.15) is 31.7 Å². The maximum absolute atomic E-state index is 12.4. The Hall–Kier alpha value is -4.18. The van der Waals surface area contributed by atoms with E-state index in [9.17, 15) is 4.79 Å². The van der Waals surface area contributed by atoms with Gasteiger partial charge in [0.2, 0.25) is 0 Å². The fourth-order valence-corrected chi connectivity index (χ4v) is 4.44. The second-order valence-electron chi connectivity index (χ2n) is 9.06. The smallest absolute Gasteiger partial charge is 0.298 e. The molecule has 7 nitrogen and oxygen atoms in total. The lowest BCUT2D eigenvalue weighted by Crippen LogP contribution is -2.38. The van der Waals surface area contributed by atoms with Gasteiger partial charge in [-0.2, -0.15) is 5.10 Å². The molecule has 35 heavy (non-hydrogen) atoms. The van der Waals surface area contributed by atoms with Gasteiger partial charge in [0, 0.05) is 30.8 Å². The average molecular weight is 464 g/mol. The number of piperidine rings is 1. The highest BCUT2D eigenvalue weighted by molar-refractivity contribution is 5.93. The van der Waals surface area contributed by atoms with E-state index in [2.05, 4.69) is 21.8 Å². The van der Waals surface area contributed by atoms with Gasteiger partial charge in [0.1, 0.15) is 23.5 Å². The molecule has 2 aromatic carbocycles. The number of hydrogen-bond donors (Lipinski definition) is 0. The number of benzene rings is 2. The van der Waals surface area contributed by atoms with Crippen LogP contribution in [0.4, 0.5) is 0 Å². The van der Waals surface area contributed by atoms with Crippen molar-refractivity contribution in [1.82, 2.24) is 24.6 Å². The van der Waals surface area contributed by atoms with Crippen molar-refractivity contribution >= 4 is 16.9 Å². The molecule has 0 atom stereocenters. The molecule has 2 fully saturated rings. The van der Waals surface area contributed by atoms with Crippen LogP contribution in [0.2, 0.25) is 0 Å². The molecule has 0 N–H and O–H groups in total. The first-order valence-electron chi connectivity index (χ1n) is 12.1. The van der Waals surface area contributed by atoms with E-state index in [1.54, 1.807) is 6.33 Å². The molecule has 3 heterocycles. The van der Waals surface area contributed by atoms with E-state index in [1.807, 2.05) is 70.4 Å². The summed E-state index contributed by atoms with van der Waals surface area (Å²) in [7, 11) is 0. The summed E-state index contributed by atoms with van der Waals surface area (Å²) >= 11 is 0. The van der Waals surface area contributed by atoms with Crippen molar-refractivity contribution in [3.8, 4) is 34.6 Å². The van der Waals surface area contributed by atoms with E-state index >= 15 is 0 Å². The van der Waals surface area contributed by atoms with Gasteiger partial charge in [0.15, 0.2) is 5.65 Å². The second-order valence-corrected chi connectivity index (χ2v) is 9.06. The molecular weight excluding hydrogens is 438 g/mol. The number of hydrogen-bond acceptors (Lipinski definition) is 5. The van der Waals surface area contributed by atoms with Gasteiger partial charge in [-0.25, -0.2) is 14.6 Å². The highest BCUT2D eigenvalue weighted by Gasteiger charge is 2.27. The molecule has 2 aliphatic rings. The van der Waals surface area contributed by atoms with Crippen molar-refractivity contribution in [1.29, 1.82) is 0 Å². The fraction of sp³-hybridized carbons (Fsp3) is 0.286. The second kappa shape index (κ2) is 9.22. The Kier molecular flexibility index (Phi) is 5.63. The number of likely N-dealkylation sites (tertiary alicyclic amines) is 1. The minimum Gasteiger partial charge on any atom is -0.457 e. The van der Waals surface area contributed by atoms with Crippen LogP contribution in [0.25, 0.3) is 22.3 Å². The number of aromatic nitrogens is 4. The normalized spacial score (nSPS) is 16.1. The summed E-state index contributed by atoms with van der Waals surface area (Å²) in [5, 5.41) is 5.89. The maximum atomic E-state index is 12.4. The molecule has 1 aliphatic carbocycles. The lowest BCUT2D eigenvalue weighted by molar-refractivity contribution is -0.126. The minimum atomic E-state index is -0.0542. The Morgan fingerprint density at radius 3 is 2.43 bits per heavy atom.